The third-order valence-corrected chi connectivity index (χ3v) is 4.58. The Hall–Kier alpha value is -3.61. The maximum atomic E-state index is 14.6. The number of ether oxygens (including phenoxy) is 1. The molecular weight excluding hydrogens is 381 g/mol. The van der Waals surface area contributed by atoms with E-state index < -0.39 is 29.4 Å². The molecule has 4 rings (SSSR count). The largest absolute Gasteiger partial charge is 0.481 e. The van der Waals surface area contributed by atoms with Gasteiger partial charge in [0.1, 0.15) is 30.1 Å². The topological polar surface area (TPSA) is 50.7 Å². The summed E-state index contributed by atoms with van der Waals surface area (Å²) in [6.45, 7) is 0.201. The summed E-state index contributed by atoms with van der Waals surface area (Å²) in [6, 6.07) is 13.0. The van der Waals surface area contributed by atoms with Gasteiger partial charge in [-0.25, -0.2) is 18.2 Å². The van der Waals surface area contributed by atoms with Gasteiger partial charge in [0.2, 0.25) is 0 Å². The monoisotopic (exact) mass is 396 g/mol. The number of amides is 1. The van der Waals surface area contributed by atoms with E-state index in [9.17, 15) is 18.0 Å². The van der Waals surface area contributed by atoms with E-state index in [0.717, 1.165) is 12.1 Å². The molecule has 0 radical (unpaired) electrons. The van der Waals surface area contributed by atoms with E-state index in [1.807, 2.05) is 0 Å². The summed E-state index contributed by atoms with van der Waals surface area (Å²) in [4.78, 5) is 17.1. The molecule has 0 saturated carbocycles. The van der Waals surface area contributed by atoms with Crippen molar-refractivity contribution in [2.24, 2.45) is 4.99 Å². The van der Waals surface area contributed by atoms with Crippen molar-refractivity contribution in [2.45, 2.75) is 6.04 Å². The summed E-state index contributed by atoms with van der Waals surface area (Å²) in [5.74, 6) is -2.62. The minimum absolute atomic E-state index is 0.0675. The van der Waals surface area contributed by atoms with Crippen LogP contribution in [0.4, 0.5) is 18.9 Å². The van der Waals surface area contributed by atoms with Crippen molar-refractivity contribution in [2.75, 3.05) is 11.9 Å². The molecule has 1 unspecified atom stereocenters. The molecule has 0 aliphatic carbocycles. The van der Waals surface area contributed by atoms with Crippen LogP contribution < -0.4 is 5.32 Å². The first-order valence-electron chi connectivity index (χ1n) is 8.82. The molecule has 0 saturated heterocycles. The number of hydrogen-bond acceptors (Lipinski definition) is 3. The predicted molar refractivity (Wildman–Crippen MR) is 103 cm³/mol. The van der Waals surface area contributed by atoms with Crippen LogP contribution in [0, 0.1) is 17.5 Å². The first-order valence-corrected chi connectivity index (χ1v) is 8.82. The second-order valence-corrected chi connectivity index (χ2v) is 6.43. The molecule has 1 heterocycles. The zero-order valence-corrected chi connectivity index (χ0v) is 15.0. The zero-order chi connectivity index (χ0) is 20.4. The summed E-state index contributed by atoms with van der Waals surface area (Å²) in [7, 11) is 0. The van der Waals surface area contributed by atoms with Crippen molar-refractivity contribution in [1.29, 1.82) is 0 Å². The number of aliphatic imine (C=N–C) groups is 1. The standard InChI is InChI=1S/C22H15F3N2O2/c23-13-7-9-14(10-8-13)27-22(28)16-4-1-3-15(19-11-29-12-26-19)20(16)21-17(24)5-2-6-18(21)25/h1-10,12,19H,11H2,(H,27,28). The van der Waals surface area contributed by atoms with Crippen LogP contribution in [-0.2, 0) is 4.74 Å². The van der Waals surface area contributed by atoms with E-state index >= 15 is 0 Å². The van der Waals surface area contributed by atoms with Gasteiger partial charge in [0.15, 0.2) is 6.40 Å². The molecule has 0 bridgehead atoms. The molecular formula is C22H15F3N2O2. The van der Waals surface area contributed by atoms with Crippen LogP contribution in [0.25, 0.3) is 11.1 Å². The number of rotatable bonds is 4. The van der Waals surface area contributed by atoms with Gasteiger partial charge in [-0.2, -0.15) is 0 Å². The molecule has 3 aromatic carbocycles. The summed E-state index contributed by atoms with van der Waals surface area (Å²) < 4.78 is 47.6. The molecule has 1 aliphatic heterocycles. The Kier molecular flexibility index (Phi) is 5.03. The van der Waals surface area contributed by atoms with Crippen molar-refractivity contribution in [3.05, 3.63) is 89.2 Å². The minimum atomic E-state index is -0.795. The Morgan fingerprint density at radius 2 is 1.62 bits per heavy atom. The molecule has 1 N–H and O–H groups in total. The second-order valence-electron chi connectivity index (χ2n) is 6.43. The lowest BCUT2D eigenvalue weighted by molar-refractivity contribution is 0.102. The Labute approximate surface area is 164 Å². The molecule has 0 aromatic heterocycles. The van der Waals surface area contributed by atoms with Gasteiger partial charge in [-0.05, 0) is 48.0 Å². The predicted octanol–water partition coefficient (Wildman–Crippen LogP) is 5.12. The third-order valence-electron chi connectivity index (χ3n) is 4.58. The van der Waals surface area contributed by atoms with Gasteiger partial charge in [-0.15, -0.1) is 0 Å². The van der Waals surface area contributed by atoms with Crippen molar-refractivity contribution >= 4 is 18.0 Å². The van der Waals surface area contributed by atoms with Crippen molar-refractivity contribution in [3.63, 3.8) is 0 Å². The lowest BCUT2D eigenvalue weighted by Gasteiger charge is -2.18. The van der Waals surface area contributed by atoms with E-state index in [0.29, 0.717) is 11.3 Å². The molecule has 3 aromatic rings. The van der Waals surface area contributed by atoms with Gasteiger partial charge in [0.05, 0.1) is 5.56 Å². The number of halogens is 3. The quantitative estimate of drug-likeness (QED) is 0.665. The number of benzene rings is 3. The molecule has 0 spiro atoms. The van der Waals surface area contributed by atoms with E-state index in [-0.39, 0.29) is 23.3 Å². The summed E-state index contributed by atoms with van der Waals surface area (Å²) >= 11 is 0. The Bertz CT molecular complexity index is 1080. The number of anilines is 1. The van der Waals surface area contributed by atoms with Crippen LogP contribution in [0.1, 0.15) is 22.0 Å². The fourth-order valence-corrected chi connectivity index (χ4v) is 3.25. The molecule has 29 heavy (non-hydrogen) atoms. The fraction of sp³-hybridized carbons (Fsp3) is 0.0909. The Morgan fingerprint density at radius 1 is 0.931 bits per heavy atom. The van der Waals surface area contributed by atoms with Crippen LogP contribution in [0.5, 0.6) is 0 Å². The smallest absolute Gasteiger partial charge is 0.256 e. The summed E-state index contributed by atoms with van der Waals surface area (Å²) in [5.41, 5.74) is 0.682. The molecule has 4 nitrogen and oxygen atoms in total. The Balaban J connectivity index is 1.85. The average Bonchev–Trinajstić information content (AvgIpc) is 3.24. The van der Waals surface area contributed by atoms with Crippen LogP contribution in [0.3, 0.4) is 0 Å². The summed E-state index contributed by atoms with van der Waals surface area (Å²) in [6.07, 6.45) is 1.28. The van der Waals surface area contributed by atoms with Gasteiger partial charge in [0.25, 0.3) is 5.91 Å². The number of nitrogens with one attached hydrogen (secondary N) is 1. The Morgan fingerprint density at radius 3 is 2.28 bits per heavy atom. The lowest BCUT2D eigenvalue weighted by atomic mass is 9.90. The van der Waals surface area contributed by atoms with Gasteiger partial charge < -0.3 is 10.1 Å². The van der Waals surface area contributed by atoms with Gasteiger partial charge in [0, 0.05) is 16.8 Å². The van der Waals surface area contributed by atoms with Crippen molar-refractivity contribution in [1.82, 2.24) is 0 Å². The molecule has 0 fully saturated rings. The first-order chi connectivity index (χ1) is 14.0. The van der Waals surface area contributed by atoms with Crippen LogP contribution in [0.15, 0.2) is 65.7 Å². The van der Waals surface area contributed by atoms with Gasteiger partial charge in [-0.3, -0.25) is 4.79 Å². The normalized spacial score (nSPS) is 15.2. The highest BCUT2D eigenvalue weighted by atomic mass is 19.1. The second kappa shape index (κ2) is 7.79. The highest BCUT2D eigenvalue weighted by molar-refractivity contribution is 6.09. The fourth-order valence-electron chi connectivity index (χ4n) is 3.25. The zero-order valence-electron chi connectivity index (χ0n) is 15.0. The van der Waals surface area contributed by atoms with Crippen molar-refractivity contribution < 1.29 is 22.7 Å². The maximum absolute atomic E-state index is 14.6. The van der Waals surface area contributed by atoms with E-state index in [1.165, 1.54) is 42.8 Å². The van der Waals surface area contributed by atoms with Gasteiger partial charge >= 0.3 is 0 Å². The lowest BCUT2D eigenvalue weighted by Crippen LogP contribution is -2.15. The SMILES string of the molecule is O=C(Nc1ccc(F)cc1)c1cccc(C2COC=N2)c1-c1c(F)cccc1F. The van der Waals surface area contributed by atoms with E-state index in [4.69, 9.17) is 4.74 Å². The first kappa shape index (κ1) is 18.7. The molecule has 7 heteroatoms. The minimum Gasteiger partial charge on any atom is -0.481 e. The summed E-state index contributed by atoms with van der Waals surface area (Å²) in [5, 5.41) is 2.63. The number of hydrogen-bond donors (Lipinski definition) is 1. The number of carbonyl (C=O) groups excluding carboxylic acids is 1. The molecule has 1 amide bonds. The van der Waals surface area contributed by atoms with Crippen molar-refractivity contribution in [3.8, 4) is 11.1 Å². The maximum Gasteiger partial charge on any atom is 0.256 e. The van der Waals surface area contributed by atoms with E-state index in [2.05, 4.69) is 10.3 Å². The average molecular weight is 396 g/mol. The number of nitrogens with zero attached hydrogens (tertiary/aromatic N) is 1. The molecule has 146 valence electrons. The highest BCUT2D eigenvalue weighted by Gasteiger charge is 2.27. The van der Waals surface area contributed by atoms with Crippen LogP contribution >= 0.6 is 0 Å². The molecule has 1 atom stereocenters. The number of carbonyl (C=O) groups is 1. The third kappa shape index (κ3) is 3.71. The van der Waals surface area contributed by atoms with Crippen LogP contribution in [-0.4, -0.2) is 18.9 Å². The van der Waals surface area contributed by atoms with E-state index in [1.54, 1.807) is 12.1 Å². The van der Waals surface area contributed by atoms with Gasteiger partial charge in [-0.1, -0.05) is 18.2 Å². The van der Waals surface area contributed by atoms with Crippen LogP contribution in [0.2, 0.25) is 0 Å². The highest BCUT2D eigenvalue weighted by Crippen LogP contribution is 2.37. The molecule has 1 aliphatic rings.